The maximum Gasteiger partial charge on any atom is 0.266 e. The predicted molar refractivity (Wildman–Crippen MR) is 100 cm³/mol. The first-order valence-electron chi connectivity index (χ1n) is 9.24. The Balaban J connectivity index is 1.56. The minimum atomic E-state index is -0.607. The maximum atomic E-state index is 13.8. The molecule has 4 nitrogen and oxygen atoms in total. The van der Waals surface area contributed by atoms with Gasteiger partial charge in [-0.2, -0.15) is 0 Å². The Bertz CT molecular complexity index is 817. The standard InChI is InChI=1S/C21H23FN2O2/c1-14-16-7-3-4-8-19(16)26-20(14)21(25)23-17-13-15(22)9-10-18(17)24-11-5-2-6-12-24/h3-4,7-10,13-14,20H,2,5-6,11-12H2,1H3,(H,23,25). The second-order valence-corrected chi connectivity index (χ2v) is 7.06. The van der Waals surface area contributed by atoms with Crippen LogP contribution in [0.4, 0.5) is 15.8 Å². The lowest BCUT2D eigenvalue weighted by molar-refractivity contribution is -0.122. The highest BCUT2D eigenvalue weighted by atomic mass is 19.1. The van der Waals surface area contributed by atoms with Gasteiger partial charge in [0.25, 0.3) is 5.91 Å². The van der Waals surface area contributed by atoms with Crippen LogP contribution in [0, 0.1) is 5.82 Å². The van der Waals surface area contributed by atoms with E-state index < -0.39 is 6.10 Å². The molecule has 0 aromatic heterocycles. The summed E-state index contributed by atoms with van der Waals surface area (Å²) >= 11 is 0. The summed E-state index contributed by atoms with van der Waals surface area (Å²) in [5.74, 6) is 0.108. The van der Waals surface area contributed by atoms with Gasteiger partial charge in [-0.25, -0.2) is 4.39 Å². The predicted octanol–water partition coefficient (Wildman–Crippen LogP) is 4.32. The van der Waals surface area contributed by atoms with Crippen molar-refractivity contribution in [3.63, 3.8) is 0 Å². The van der Waals surface area contributed by atoms with E-state index in [9.17, 15) is 9.18 Å². The molecule has 5 heteroatoms. The number of nitrogens with one attached hydrogen (secondary N) is 1. The van der Waals surface area contributed by atoms with Crippen LogP contribution in [0.2, 0.25) is 0 Å². The molecular formula is C21H23FN2O2. The van der Waals surface area contributed by atoms with Gasteiger partial charge in [-0.15, -0.1) is 0 Å². The molecule has 26 heavy (non-hydrogen) atoms. The van der Waals surface area contributed by atoms with Crippen LogP contribution in [-0.4, -0.2) is 25.1 Å². The molecule has 0 bridgehead atoms. The topological polar surface area (TPSA) is 41.6 Å². The van der Waals surface area contributed by atoms with Crippen LogP contribution in [-0.2, 0) is 4.79 Å². The second-order valence-electron chi connectivity index (χ2n) is 7.06. The monoisotopic (exact) mass is 354 g/mol. The Kier molecular flexibility index (Phi) is 4.53. The van der Waals surface area contributed by atoms with Crippen molar-refractivity contribution < 1.29 is 13.9 Å². The summed E-state index contributed by atoms with van der Waals surface area (Å²) in [7, 11) is 0. The molecule has 0 spiro atoms. The molecule has 0 radical (unpaired) electrons. The van der Waals surface area contributed by atoms with Crippen molar-refractivity contribution >= 4 is 17.3 Å². The Morgan fingerprint density at radius 2 is 1.92 bits per heavy atom. The highest BCUT2D eigenvalue weighted by Gasteiger charge is 2.36. The van der Waals surface area contributed by atoms with Gasteiger partial charge in [-0.3, -0.25) is 4.79 Å². The third-order valence-corrected chi connectivity index (χ3v) is 5.29. The van der Waals surface area contributed by atoms with Gasteiger partial charge in [0.1, 0.15) is 11.6 Å². The van der Waals surface area contributed by atoms with Crippen LogP contribution in [0.5, 0.6) is 5.75 Å². The maximum absolute atomic E-state index is 13.8. The smallest absolute Gasteiger partial charge is 0.266 e. The van der Waals surface area contributed by atoms with E-state index in [1.807, 2.05) is 31.2 Å². The number of carbonyl (C=O) groups is 1. The second kappa shape index (κ2) is 6.98. The summed E-state index contributed by atoms with van der Waals surface area (Å²) in [4.78, 5) is 15.1. The first-order valence-corrected chi connectivity index (χ1v) is 9.24. The molecular weight excluding hydrogens is 331 g/mol. The number of carbonyl (C=O) groups excluding carboxylic acids is 1. The number of benzene rings is 2. The lowest BCUT2D eigenvalue weighted by Crippen LogP contribution is -2.35. The number of hydrogen-bond donors (Lipinski definition) is 1. The number of piperidine rings is 1. The fourth-order valence-corrected chi connectivity index (χ4v) is 3.87. The molecule has 2 aliphatic heterocycles. The fraction of sp³-hybridized carbons (Fsp3) is 0.381. The molecule has 2 aromatic rings. The number of nitrogens with zero attached hydrogens (tertiary/aromatic N) is 1. The van der Waals surface area contributed by atoms with Crippen molar-refractivity contribution in [2.24, 2.45) is 0 Å². The number of rotatable bonds is 3. The summed E-state index contributed by atoms with van der Waals surface area (Å²) in [5.41, 5.74) is 2.43. The summed E-state index contributed by atoms with van der Waals surface area (Å²) < 4.78 is 19.7. The average molecular weight is 354 g/mol. The van der Waals surface area contributed by atoms with Crippen LogP contribution >= 0.6 is 0 Å². The molecule has 1 N–H and O–H groups in total. The van der Waals surface area contributed by atoms with E-state index in [2.05, 4.69) is 10.2 Å². The van der Waals surface area contributed by atoms with Crippen molar-refractivity contribution in [2.45, 2.75) is 38.2 Å². The van der Waals surface area contributed by atoms with Gasteiger partial charge in [0, 0.05) is 24.6 Å². The average Bonchev–Trinajstić information content (AvgIpc) is 3.00. The van der Waals surface area contributed by atoms with Crippen LogP contribution in [0.25, 0.3) is 0 Å². The Hall–Kier alpha value is -2.56. The zero-order valence-corrected chi connectivity index (χ0v) is 14.9. The van der Waals surface area contributed by atoms with E-state index in [4.69, 9.17) is 4.74 Å². The van der Waals surface area contributed by atoms with Gasteiger partial charge in [-0.05, 0) is 43.5 Å². The van der Waals surface area contributed by atoms with Crippen molar-refractivity contribution in [1.29, 1.82) is 0 Å². The van der Waals surface area contributed by atoms with Crippen LogP contribution in [0.1, 0.15) is 37.7 Å². The Labute approximate surface area is 153 Å². The normalized spacial score (nSPS) is 21.8. The van der Waals surface area contributed by atoms with E-state index in [1.165, 1.54) is 18.6 Å². The summed E-state index contributed by atoms with van der Waals surface area (Å²) in [6, 6.07) is 12.3. The quantitative estimate of drug-likeness (QED) is 0.892. The van der Waals surface area contributed by atoms with Crippen LogP contribution < -0.4 is 15.0 Å². The number of amides is 1. The zero-order valence-electron chi connectivity index (χ0n) is 14.9. The number of hydrogen-bond acceptors (Lipinski definition) is 3. The molecule has 0 aliphatic carbocycles. The Morgan fingerprint density at radius 3 is 2.69 bits per heavy atom. The van der Waals surface area contributed by atoms with Crippen LogP contribution in [0.3, 0.4) is 0 Å². The van der Waals surface area contributed by atoms with Gasteiger partial charge in [0.15, 0.2) is 6.10 Å². The highest BCUT2D eigenvalue weighted by Crippen LogP contribution is 2.38. The molecule has 2 aliphatic rings. The number of fused-ring (bicyclic) bond motifs is 1. The van der Waals surface area contributed by atoms with E-state index >= 15 is 0 Å². The number of anilines is 2. The van der Waals surface area contributed by atoms with E-state index in [0.29, 0.717) is 5.69 Å². The van der Waals surface area contributed by atoms with Crippen molar-refractivity contribution in [3.8, 4) is 5.75 Å². The Morgan fingerprint density at radius 1 is 1.15 bits per heavy atom. The van der Waals surface area contributed by atoms with E-state index in [-0.39, 0.29) is 17.6 Å². The van der Waals surface area contributed by atoms with Crippen molar-refractivity contribution in [2.75, 3.05) is 23.3 Å². The first-order chi connectivity index (χ1) is 12.6. The molecule has 1 saturated heterocycles. The number of para-hydroxylation sites is 1. The van der Waals surface area contributed by atoms with Crippen molar-refractivity contribution in [1.82, 2.24) is 0 Å². The van der Waals surface area contributed by atoms with Crippen LogP contribution in [0.15, 0.2) is 42.5 Å². The molecule has 2 unspecified atom stereocenters. The fourth-order valence-electron chi connectivity index (χ4n) is 3.87. The van der Waals surface area contributed by atoms with Gasteiger partial charge >= 0.3 is 0 Å². The van der Waals surface area contributed by atoms with E-state index in [0.717, 1.165) is 42.9 Å². The van der Waals surface area contributed by atoms with Gasteiger partial charge in [0.2, 0.25) is 0 Å². The minimum Gasteiger partial charge on any atom is -0.480 e. The third kappa shape index (κ3) is 3.14. The molecule has 4 rings (SSSR count). The van der Waals surface area contributed by atoms with Gasteiger partial charge in [0.05, 0.1) is 11.4 Å². The molecule has 2 atom stereocenters. The van der Waals surface area contributed by atoms with Gasteiger partial charge < -0.3 is 15.0 Å². The molecule has 1 fully saturated rings. The number of halogens is 1. The molecule has 0 saturated carbocycles. The largest absolute Gasteiger partial charge is 0.480 e. The summed E-state index contributed by atoms with van der Waals surface area (Å²) in [6.45, 7) is 3.83. The third-order valence-electron chi connectivity index (χ3n) is 5.29. The molecule has 2 heterocycles. The highest BCUT2D eigenvalue weighted by molar-refractivity contribution is 5.98. The minimum absolute atomic E-state index is 0.0433. The molecule has 2 aromatic carbocycles. The lowest BCUT2D eigenvalue weighted by atomic mass is 9.97. The van der Waals surface area contributed by atoms with E-state index in [1.54, 1.807) is 6.07 Å². The van der Waals surface area contributed by atoms with Gasteiger partial charge in [-0.1, -0.05) is 25.1 Å². The molecule has 1 amide bonds. The number of ether oxygens (including phenoxy) is 1. The summed E-state index contributed by atoms with van der Waals surface area (Å²) in [6.07, 6.45) is 2.83. The summed E-state index contributed by atoms with van der Waals surface area (Å²) in [5, 5.41) is 2.91. The zero-order chi connectivity index (χ0) is 18.1. The SMILES string of the molecule is CC1c2ccccc2OC1C(=O)Nc1cc(F)ccc1N1CCCCC1. The first kappa shape index (κ1) is 16.9. The lowest BCUT2D eigenvalue weighted by Gasteiger charge is -2.31. The van der Waals surface area contributed by atoms with Crippen molar-refractivity contribution in [3.05, 3.63) is 53.8 Å². The molecule has 136 valence electrons.